The molecule has 3 heteroatoms. The van der Waals surface area contributed by atoms with Crippen LogP contribution in [0.1, 0.15) is 57.1 Å². The minimum absolute atomic E-state index is 0.0494. The van der Waals surface area contributed by atoms with Crippen molar-refractivity contribution in [1.82, 2.24) is 5.32 Å². The highest BCUT2D eigenvalue weighted by molar-refractivity contribution is 6.30. The molecule has 1 aromatic rings. The van der Waals surface area contributed by atoms with Crippen molar-refractivity contribution < 1.29 is 4.79 Å². The molecule has 1 aromatic carbocycles. The van der Waals surface area contributed by atoms with Crippen LogP contribution in [0.25, 0.3) is 0 Å². The van der Waals surface area contributed by atoms with Crippen molar-refractivity contribution in [2.24, 2.45) is 5.92 Å². The highest BCUT2D eigenvalue weighted by Gasteiger charge is 2.18. The predicted molar refractivity (Wildman–Crippen MR) is 79.2 cm³/mol. The van der Waals surface area contributed by atoms with Crippen LogP contribution < -0.4 is 5.32 Å². The van der Waals surface area contributed by atoms with E-state index in [1.807, 2.05) is 31.2 Å². The Labute approximate surface area is 120 Å². The third kappa shape index (κ3) is 4.54. The first kappa shape index (κ1) is 14.4. The zero-order valence-electron chi connectivity index (χ0n) is 11.5. The molecular formula is C16H22ClNO. The summed E-state index contributed by atoms with van der Waals surface area (Å²) in [4.78, 5) is 12.0. The predicted octanol–water partition coefficient (Wildman–Crippen LogP) is 4.49. The summed E-state index contributed by atoms with van der Waals surface area (Å²) in [6.45, 7) is 2.02. The Balaban J connectivity index is 1.82. The third-order valence-electron chi connectivity index (χ3n) is 3.95. The molecule has 1 fully saturated rings. The zero-order valence-corrected chi connectivity index (χ0v) is 12.2. The molecule has 0 aromatic heterocycles. The molecule has 1 amide bonds. The SMILES string of the molecule is CC(NC(=O)CC1CCCCC1)c1ccc(Cl)cc1. The van der Waals surface area contributed by atoms with Crippen LogP contribution in [0.2, 0.25) is 5.02 Å². The standard InChI is InChI=1S/C16H22ClNO/c1-12(14-7-9-15(17)10-8-14)18-16(19)11-13-5-3-2-4-6-13/h7-10,12-13H,2-6,11H2,1H3,(H,18,19). The van der Waals surface area contributed by atoms with Gasteiger partial charge in [-0.3, -0.25) is 4.79 Å². The van der Waals surface area contributed by atoms with Crippen LogP contribution in [0.5, 0.6) is 0 Å². The van der Waals surface area contributed by atoms with E-state index in [1.165, 1.54) is 32.1 Å². The van der Waals surface area contributed by atoms with Crippen LogP contribution in [0.4, 0.5) is 0 Å². The lowest BCUT2D eigenvalue weighted by molar-refractivity contribution is -0.122. The average molecular weight is 280 g/mol. The van der Waals surface area contributed by atoms with Gasteiger partial charge in [0.25, 0.3) is 0 Å². The van der Waals surface area contributed by atoms with Crippen LogP contribution in [-0.2, 0) is 4.79 Å². The van der Waals surface area contributed by atoms with Crippen molar-refractivity contribution in [1.29, 1.82) is 0 Å². The van der Waals surface area contributed by atoms with Crippen LogP contribution in [0.3, 0.4) is 0 Å². The summed E-state index contributed by atoms with van der Waals surface area (Å²) >= 11 is 5.86. The largest absolute Gasteiger partial charge is 0.350 e. The summed E-state index contributed by atoms with van der Waals surface area (Å²) in [5.74, 6) is 0.764. The first-order chi connectivity index (χ1) is 9.15. The van der Waals surface area contributed by atoms with E-state index >= 15 is 0 Å². The Bertz CT molecular complexity index is 409. The highest BCUT2D eigenvalue weighted by Crippen LogP contribution is 2.26. The van der Waals surface area contributed by atoms with E-state index in [0.717, 1.165) is 10.6 Å². The monoisotopic (exact) mass is 279 g/mol. The number of hydrogen-bond donors (Lipinski definition) is 1. The van der Waals surface area contributed by atoms with Gasteiger partial charge in [-0.05, 0) is 43.4 Å². The maximum absolute atomic E-state index is 12.0. The van der Waals surface area contributed by atoms with Crippen molar-refractivity contribution in [3.63, 3.8) is 0 Å². The second-order valence-corrected chi connectivity index (χ2v) is 5.99. The van der Waals surface area contributed by atoms with E-state index in [0.29, 0.717) is 12.3 Å². The quantitative estimate of drug-likeness (QED) is 0.864. The smallest absolute Gasteiger partial charge is 0.220 e. The molecule has 0 saturated heterocycles. The summed E-state index contributed by atoms with van der Waals surface area (Å²) in [7, 11) is 0. The summed E-state index contributed by atoms with van der Waals surface area (Å²) in [6.07, 6.45) is 7.00. The Kier molecular flexibility index (Phi) is 5.26. The normalized spacial score (nSPS) is 18.0. The highest BCUT2D eigenvalue weighted by atomic mass is 35.5. The van der Waals surface area contributed by atoms with Crippen LogP contribution in [0, 0.1) is 5.92 Å². The lowest BCUT2D eigenvalue weighted by Gasteiger charge is -2.22. The molecule has 1 aliphatic carbocycles. The van der Waals surface area contributed by atoms with Crippen molar-refractivity contribution in [2.75, 3.05) is 0 Å². The molecule has 104 valence electrons. The van der Waals surface area contributed by atoms with Gasteiger partial charge in [0.2, 0.25) is 5.91 Å². The minimum atomic E-state index is 0.0494. The fourth-order valence-corrected chi connectivity index (χ4v) is 2.91. The van der Waals surface area contributed by atoms with E-state index < -0.39 is 0 Å². The van der Waals surface area contributed by atoms with Crippen molar-refractivity contribution in [3.8, 4) is 0 Å². The molecule has 0 radical (unpaired) electrons. The Hall–Kier alpha value is -1.02. The van der Waals surface area contributed by atoms with Gasteiger partial charge in [0.15, 0.2) is 0 Å². The van der Waals surface area contributed by atoms with Gasteiger partial charge < -0.3 is 5.32 Å². The fraction of sp³-hybridized carbons (Fsp3) is 0.562. The van der Waals surface area contributed by atoms with Gasteiger partial charge in [0.1, 0.15) is 0 Å². The first-order valence-corrected chi connectivity index (χ1v) is 7.58. The van der Waals surface area contributed by atoms with Crippen LogP contribution in [0.15, 0.2) is 24.3 Å². The van der Waals surface area contributed by atoms with E-state index in [-0.39, 0.29) is 11.9 Å². The van der Waals surface area contributed by atoms with E-state index in [1.54, 1.807) is 0 Å². The lowest BCUT2D eigenvalue weighted by atomic mass is 9.87. The molecule has 0 bridgehead atoms. The number of carbonyl (C=O) groups excluding carboxylic acids is 1. The summed E-state index contributed by atoms with van der Waals surface area (Å²) < 4.78 is 0. The van der Waals surface area contributed by atoms with Crippen molar-refractivity contribution in [3.05, 3.63) is 34.9 Å². The van der Waals surface area contributed by atoms with E-state index in [4.69, 9.17) is 11.6 Å². The number of amides is 1. The second-order valence-electron chi connectivity index (χ2n) is 5.55. The molecular weight excluding hydrogens is 258 g/mol. The van der Waals surface area contributed by atoms with Gasteiger partial charge in [-0.25, -0.2) is 0 Å². The summed E-state index contributed by atoms with van der Waals surface area (Å²) in [5.41, 5.74) is 1.10. The molecule has 0 heterocycles. The Morgan fingerprint density at radius 3 is 2.53 bits per heavy atom. The van der Waals surface area contributed by atoms with Crippen LogP contribution >= 0.6 is 11.6 Å². The fourth-order valence-electron chi connectivity index (χ4n) is 2.79. The topological polar surface area (TPSA) is 29.1 Å². The van der Waals surface area contributed by atoms with Gasteiger partial charge in [0, 0.05) is 11.4 Å². The molecule has 19 heavy (non-hydrogen) atoms. The molecule has 1 unspecified atom stereocenters. The molecule has 1 atom stereocenters. The second kappa shape index (κ2) is 6.95. The third-order valence-corrected chi connectivity index (χ3v) is 4.20. The molecule has 1 saturated carbocycles. The lowest BCUT2D eigenvalue weighted by Crippen LogP contribution is -2.28. The first-order valence-electron chi connectivity index (χ1n) is 7.20. The molecule has 1 aliphatic rings. The van der Waals surface area contributed by atoms with Gasteiger partial charge in [-0.1, -0.05) is 43.0 Å². The van der Waals surface area contributed by atoms with Gasteiger partial charge >= 0.3 is 0 Å². The van der Waals surface area contributed by atoms with Crippen molar-refractivity contribution >= 4 is 17.5 Å². The van der Waals surface area contributed by atoms with Crippen molar-refractivity contribution in [2.45, 2.75) is 51.5 Å². The van der Waals surface area contributed by atoms with Gasteiger partial charge in [-0.2, -0.15) is 0 Å². The number of rotatable bonds is 4. The minimum Gasteiger partial charge on any atom is -0.350 e. The maximum atomic E-state index is 12.0. The van der Waals surface area contributed by atoms with E-state index in [9.17, 15) is 4.79 Å². The van der Waals surface area contributed by atoms with Crippen LogP contribution in [-0.4, -0.2) is 5.91 Å². The number of halogens is 1. The zero-order chi connectivity index (χ0) is 13.7. The molecule has 2 rings (SSSR count). The molecule has 0 aliphatic heterocycles. The number of carbonyl (C=O) groups is 1. The Morgan fingerprint density at radius 2 is 1.89 bits per heavy atom. The van der Waals surface area contributed by atoms with Gasteiger partial charge in [0.05, 0.1) is 6.04 Å². The molecule has 2 nitrogen and oxygen atoms in total. The summed E-state index contributed by atoms with van der Waals surface area (Å²) in [5, 5.41) is 3.81. The summed E-state index contributed by atoms with van der Waals surface area (Å²) in [6, 6.07) is 7.71. The molecule has 0 spiro atoms. The number of nitrogens with one attached hydrogen (secondary N) is 1. The average Bonchev–Trinajstić information content (AvgIpc) is 2.40. The Morgan fingerprint density at radius 1 is 1.26 bits per heavy atom. The molecule has 1 N–H and O–H groups in total. The number of hydrogen-bond acceptors (Lipinski definition) is 1. The maximum Gasteiger partial charge on any atom is 0.220 e. The van der Waals surface area contributed by atoms with E-state index in [2.05, 4.69) is 5.32 Å². The van der Waals surface area contributed by atoms with Gasteiger partial charge in [-0.15, -0.1) is 0 Å². The number of benzene rings is 1.